The Kier molecular flexibility index (Phi) is 8.07. The fourth-order valence-corrected chi connectivity index (χ4v) is 0.775. The van der Waals surface area contributed by atoms with Crippen LogP contribution in [-0.2, 0) is 19.0 Å². The van der Waals surface area contributed by atoms with Gasteiger partial charge in [0.15, 0.2) is 0 Å². The summed E-state index contributed by atoms with van der Waals surface area (Å²) in [6.45, 7) is 3.16. The van der Waals surface area contributed by atoms with Gasteiger partial charge in [0, 0.05) is 12.8 Å². The maximum atomic E-state index is 10.9. The van der Waals surface area contributed by atoms with E-state index in [4.69, 9.17) is 14.9 Å². The Morgan fingerprint density at radius 1 is 1.36 bits per heavy atom. The summed E-state index contributed by atoms with van der Waals surface area (Å²) in [7, 11) is 1.58. The van der Waals surface area contributed by atoms with Crippen molar-refractivity contribution in [1.82, 2.24) is 0 Å². The number of carbonyl (C=O) groups is 1. The topological polar surface area (TPSA) is 68.6 Å². The molecule has 14 heavy (non-hydrogen) atoms. The van der Waals surface area contributed by atoms with Crippen LogP contribution in [0.1, 0.15) is 13.3 Å². The third kappa shape index (κ3) is 7.70. The first-order chi connectivity index (χ1) is 6.70. The molecule has 0 heterocycles. The molecule has 0 aromatic carbocycles. The van der Waals surface area contributed by atoms with Crippen LogP contribution in [0.3, 0.4) is 0 Å². The van der Waals surface area contributed by atoms with Crippen LogP contribution < -0.4 is 0 Å². The van der Waals surface area contributed by atoms with Crippen molar-refractivity contribution in [2.75, 3.05) is 33.5 Å². The SMILES string of the molecule is CCOC(=O)CC(=N)COCCOC. The molecule has 0 fully saturated rings. The van der Waals surface area contributed by atoms with E-state index in [1.807, 2.05) is 0 Å². The minimum absolute atomic E-state index is 0.000816. The Morgan fingerprint density at radius 2 is 2.07 bits per heavy atom. The Hall–Kier alpha value is -0.940. The highest BCUT2D eigenvalue weighted by Crippen LogP contribution is 1.90. The Labute approximate surface area is 83.8 Å². The predicted octanol–water partition coefficient (Wildman–Crippen LogP) is 0.622. The van der Waals surface area contributed by atoms with Crippen molar-refractivity contribution in [2.24, 2.45) is 0 Å². The summed E-state index contributed by atoms with van der Waals surface area (Å²) in [5.74, 6) is -0.382. The molecule has 0 aromatic rings. The predicted molar refractivity (Wildman–Crippen MR) is 51.7 cm³/mol. The first kappa shape index (κ1) is 13.1. The van der Waals surface area contributed by atoms with Gasteiger partial charge >= 0.3 is 5.97 Å². The Morgan fingerprint density at radius 3 is 2.64 bits per heavy atom. The van der Waals surface area contributed by atoms with Gasteiger partial charge in [0.05, 0.1) is 32.8 Å². The summed E-state index contributed by atoms with van der Waals surface area (Å²) in [6, 6.07) is 0. The molecule has 0 saturated heterocycles. The van der Waals surface area contributed by atoms with Crippen LogP contribution in [0, 0.1) is 5.41 Å². The maximum absolute atomic E-state index is 10.9. The number of methoxy groups -OCH3 is 1. The number of hydrogen-bond donors (Lipinski definition) is 1. The average Bonchev–Trinajstić information content (AvgIpc) is 2.13. The number of hydrogen-bond acceptors (Lipinski definition) is 5. The van der Waals surface area contributed by atoms with Crippen molar-refractivity contribution < 1.29 is 19.0 Å². The fraction of sp³-hybridized carbons (Fsp3) is 0.778. The fourth-order valence-electron chi connectivity index (χ4n) is 0.775. The van der Waals surface area contributed by atoms with Crippen LogP contribution in [0.4, 0.5) is 0 Å². The van der Waals surface area contributed by atoms with E-state index in [0.29, 0.717) is 19.8 Å². The molecule has 0 saturated carbocycles. The first-order valence-electron chi connectivity index (χ1n) is 4.49. The van der Waals surface area contributed by atoms with E-state index in [-0.39, 0.29) is 24.7 Å². The molecule has 5 nitrogen and oxygen atoms in total. The number of carbonyl (C=O) groups excluding carboxylic acids is 1. The van der Waals surface area contributed by atoms with Crippen molar-refractivity contribution >= 4 is 11.7 Å². The zero-order valence-corrected chi connectivity index (χ0v) is 8.67. The second-order valence-corrected chi connectivity index (χ2v) is 2.63. The van der Waals surface area contributed by atoms with Crippen LogP contribution in [0.25, 0.3) is 0 Å². The normalized spacial score (nSPS) is 9.86. The minimum Gasteiger partial charge on any atom is -0.466 e. The van der Waals surface area contributed by atoms with Gasteiger partial charge in [0.1, 0.15) is 0 Å². The highest BCUT2D eigenvalue weighted by Gasteiger charge is 2.06. The lowest BCUT2D eigenvalue weighted by Crippen LogP contribution is -2.16. The maximum Gasteiger partial charge on any atom is 0.311 e. The lowest BCUT2D eigenvalue weighted by Gasteiger charge is -2.05. The minimum atomic E-state index is -0.382. The van der Waals surface area contributed by atoms with Gasteiger partial charge in [0.25, 0.3) is 0 Å². The van der Waals surface area contributed by atoms with E-state index in [0.717, 1.165) is 0 Å². The average molecular weight is 203 g/mol. The standard InChI is InChI=1S/C9H17NO4/c1-3-14-9(11)6-8(10)7-13-5-4-12-2/h10H,3-7H2,1-2H3. The zero-order valence-electron chi connectivity index (χ0n) is 8.67. The van der Waals surface area contributed by atoms with Gasteiger partial charge < -0.3 is 19.6 Å². The third-order valence-corrected chi connectivity index (χ3v) is 1.37. The van der Waals surface area contributed by atoms with Gasteiger partial charge in [0.2, 0.25) is 0 Å². The van der Waals surface area contributed by atoms with Gasteiger partial charge in [-0.05, 0) is 6.92 Å². The van der Waals surface area contributed by atoms with Crippen molar-refractivity contribution in [1.29, 1.82) is 5.41 Å². The monoisotopic (exact) mass is 203 g/mol. The van der Waals surface area contributed by atoms with E-state index in [9.17, 15) is 4.79 Å². The summed E-state index contributed by atoms with van der Waals surface area (Å²) in [4.78, 5) is 10.9. The summed E-state index contributed by atoms with van der Waals surface area (Å²) >= 11 is 0. The van der Waals surface area contributed by atoms with E-state index in [1.54, 1.807) is 14.0 Å². The van der Waals surface area contributed by atoms with Gasteiger partial charge in [-0.15, -0.1) is 0 Å². The van der Waals surface area contributed by atoms with Crippen LogP contribution in [0.15, 0.2) is 0 Å². The first-order valence-corrected chi connectivity index (χ1v) is 4.49. The smallest absolute Gasteiger partial charge is 0.311 e. The van der Waals surface area contributed by atoms with E-state index >= 15 is 0 Å². The molecule has 0 radical (unpaired) electrons. The molecule has 0 aliphatic carbocycles. The highest BCUT2D eigenvalue weighted by molar-refractivity contribution is 5.97. The number of nitrogens with one attached hydrogen (secondary N) is 1. The van der Waals surface area contributed by atoms with Crippen LogP contribution >= 0.6 is 0 Å². The summed E-state index contributed by atoms with van der Waals surface area (Å²) in [6.07, 6.45) is 0.000816. The number of rotatable bonds is 8. The lowest BCUT2D eigenvalue weighted by molar-refractivity contribution is -0.141. The Bertz CT molecular complexity index is 182. The molecular weight excluding hydrogens is 186 g/mol. The molecule has 1 N–H and O–H groups in total. The van der Waals surface area contributed by atoms with Crippen molar-refractivity contribution in [3.63, 3.8) is 0 Å². The molecule has 0 bridgehead atoms. The molecule has 0 atom stereocenters. The molecule has 0 aliphatic rings. The van der Waals surface area contributed by atoms with Gasteiger partial charge in [-0.2, -0.15) is 0 Å². The molecule has 0 amide bonds. The van der Waals surface area contributed by atoms with Crippen molar-refractivity contribution in [2.45, 2.75) is 13.3 Å². The summed E-state index contributed by atoms with van der Waals surface area (Å²) in [5, 5.41) is 7.37. The quantitative estimate of drug-likeness (QED) is 0.357. The Balaban J connectivity index is 3.40. The molecule has 0 spiro atoms. The second kappa shape index (κ2) is 8.65. The molecule has 0 rings (SSSR count). The largest absolute Gasteiger partial charge is 0.466 e. The van der Waals surface area contributed by atoms with Crippen molar-refractivity contribution in [3.05, 3.63) is 0 Å². The van der Waals surface area contributed by atoms with E-state index < -0.39 is 0 Å². The lowest BCUT2D eigenvalue weighted by atomic mass is 10.3. The zero-order chi connectivity index (χ0) is 10.8. The molecule has 0 aromatic heterocycles. The summed E-state index contributed by atoms with van der Waals surface area (Å²) < 4.78 is 14.5. The van der Waals surface area contributed by atoms with Crippen LogP contribution in [-0.4, -0.2) is 45.2 Å². The highest BCUT2D eigenvalue weighted by atomic mass is 16.5. The molecule has 0 unspecified atom stereocenters. The molecular formula is C9H17NO4. The van der Waals surface area contributed by atoms with Gasteiger partial charge in [-0.25, -0.2) is 0 Å². The molecule has 0 aliphatic heterocycles. The van der Waals surface area contributed by atoms with Gasteiger partial charge in [-0.3, -0.25) is 4.79 Å². The molecule has 5 heteroatoms. The summed E-state index contributed by atoms with van der Waals surface area (Å²) in [5.41, 5.74) is 0.222. The van der Waals surface area contributed by atoms with E-state index in [2.05, 4.69) is 4.74 Å². The van der Waals surface area contributed by atoms with Crippen molar-refractivity contribution in [3.8, 4) is 0 Å². The van der Waals surface area contributed by atoms with Crippen LogP contribution in [0.5, 0.6) is 0 Å². The van der Waals surface area contributed by atoms with E-state index in [1.165, 1.54) is 0 Å². The van der Waals surface area contributed by atoms with Gasteiger partial charge in [-0.1, -0.05) is 0 Å². The number of ether oxygens (including phenoxy) is 3. The third-order valence-electron chi connectivity index (χ3n) is 1.37. The van der Waals surface area contributed by atoms with Crippen LogP contribution in [0.2, 0.25) is 0 Å². The second-order valence-electron chi connectivity index (χ2n) is 2.63. The molecule has 82 valence electrons. The number of esters is 1.